The quantitative estimate of drug-likeness (QED) is 0.749. The lowest BCUT2D eigenvalue weighted by Gasteiger charge is -2.17. The molecule has 6 heteroatoms. The minimum absolute atomic E-state index is 0. The zero-order valence-electron chi connectivity index (χ0n) is 11.9. The van der Waals surface area contributed by atoms with Crippen molar-refractivity contribution < 1.29 is 9.53 Å². The summed E-state index contributed by atoms with van der Waals surface area (Å²) in [6, 6.07) is 7.67. The van der Waals surface area contributed by atoms with Gasteiger partial charge in [0.2, 0.25) is 5.91 Å². The molecule has 21 heavy (non-hydrogen) atoms. The number of hydrogen-bond acceptors (Lipinski definition) is 3. The van der Waals surface area contributed by atoms with Crippen LogP contribution in [0.1, 0.15) is 19.3 Å². The molecule has 0 aliphatic heterocycles. The maximum absolute atomic E-state index is 12.1. The maximum atomic E-state index is 12.1. The van der Waals surface area contributed by atoms with Crippen molar-refractivity contribution in [3.63, 3.8) is 0 Å². The molecule has 118 valence electrons. The Balaban J connectivity index is 0.00000220. The molecule has 0 bridgehead atoms. The number of benzene rings is 1. The summed E-state index contributed by atoms with van der Waals surface area (Å²) in [6.07, 6.45) is 3.14. The van der Waals surface area contributed by atoms with Crippen LogP contribution >= 0.6 is 28.3 Å². The fourth-order valence-corrected chi connectivity index (χ4v) is 3.07. The molecule has 1 aromatic carbocycles. The first-order valence-electron chi connectivity index (χ1n) is 7.07. The monoisotopic (exact) mass is 376 g/mol. The number of hydrogen-bond donors (Lipinski definition) is 2. The van der Waals surface area contributed by atoms with Gasteiger partial charge < -0.3 is 15.8 Å². The van der Waals surface area contributed by atoms with Crippen molar-refractivity contribution in [2.75, 3.05) is 19.7 Å². The third-order valence-corrected chi connectivity index (χ3v) is 4.26. The second-order valence-corrected chi connectivity index (χ2v) is 6.05. The van der Waals surface area contributed by atoms with Gasteiger partial charge in [-0.25, -0.2) is 0 Å². The van der Waals surface area contributed by atoms with E-state index in [1.165, 1.54) is 0 Å². The van der Waals surface area contributed by atoms with Crippen molar-refractivity contribution in [3.05, 3.63) is 28.7 Å². The van der Waals surface area contributed by atoms with Gasteiger partial charge >= 0.3 is 0 Å². The summed E-state index contributed by atoms with van der Waals surface area (Å²) in [5, 5.41) is 2.94. The van der Waals surface area contributed by atoms with Gasteiger partial charge in [-0.15, -0.1) is 12.4 Å². The standard InChI is InChI=1S/C15H21BrN2O2.ClH/c16-12-4-2-5-13(9-12)20-8-7-18-15(19)14-6-1-3-11(14)10-17;/h2,4-5,9,11,14H,1,3,6-8,10,17H2,(H,18,19);1H/t11-,14-;/m1./s1. The van der Waals surface area contributed by atoms with Crippen LogP contribution in [0.5, 0.6) is 5.75 Å². The van der Waals surface area contributed by atoms with Gasteiger partial charge in [0.05, 0.1) is 6.54 Å². The first-order chi connectivity index (χ1) is 9.70. The predicted molar refractivity (Wildman–Crippen MR) is 89.8 cm³/mol. The Morgan fingerprint density at radius 2 is 2.24 bits per heavy atom. The molecule has 0 unspecified atom stereocenters. The topological polar surface area (TPSA) is 64.4 Å². The van der Waals surface area contributed by atoms with Crippen LogP contribution in [0.3, 0.4) is 0 Å². The molecule has 2 atom stereocenters. The van der Waals surface area contributed by atoms with Crippen LogP contribution in [0.2, 0.25) is 0 Å². The molecule has 1 aromatic rings. The number of amides is 1. The normalized spacial score (nSPS) is 20.7. The lowest BCUT2D eigenvalue weighted by atomic mass is 9.95. The molecule has 4 nitrogen and oxygen atoms in total. The molecule has 0 heterocycles. The first kappa shape index (κ1) is 18.3. The molecule has 0 aromatic heterocycles. The fourth-order valence-electron chi connectivity index (χ4n) is 2.70. The summed E-state index contributed by atoms with van der Waals surface area (Å²) in [4.78, 5) is 12.1. The summed E-state index contributed by atoms with van der Waals surface area (Å²) < 4.78 is 6.57. The Morgan fingerprint density at radius 3 is 2.95 bits per heavy atom. The highest BCUT2D eigenvalue weighted by Gasteiger charge is 2.31. The van der Waals surface area contributed by atoms with Crippen LogP contribution in [0.15, 0.2) is 28.7 Å². The third-order valence-electron chi connectivity index (χ3n) is 3.76. The van der Waals surface area contributed by atoms with E-state index in [9.17, 15) is 4.79 Å². The fraction of sp³-hybridized carbons (Fsp3) is 0.533. The lowest BCUT2D eigenvalue weighted by Crippen LogP contribution is -2.37. The maximum Gasteiger partial charge on any atom is 0.223 e. The largest absolute Gasteiger partial charge is 0.492 e. The van der Waals surface area contributed by atoms with Crippen molar-refractivity contribution >= 4 is 34.2 Å². The van der Waals surface area contributed by atoms with Crippen molar-refractivity contribution in [3.8, 4) is 5.75 Å². The van der Waals surface area contributed by atoms with Crippen LogP contribution in [0.4, 0.5) is 0 Å². The second kappa shape index (κ2) is 9.28. The summed E-state index contributed by atoms with van der Waals surface area (Å²) in [5.41, 5.74) is 5.70. The zero-order chi connectivity index (χ0) is 14.4. The predicted octanol–water partition coefficient (Wildman–Crippen LogP) is 2.74. The molecule has 2 rings (SSSR count). The lowest BCUT2D eigenvalue weighted by molar-refractivity contribution is -0.126. The molecular formula is C15H22BrClN2O2. The van der Waals surface area contributed by atoms with Gasteiger partial charge in [0.25, 0.3) is 0 Å². The van der Waals surface area contributed by atoms with Crippen molar-refractivity contribution in [1.29, 1.82) is 0 Å². The number of ether oxygens (including phenoxy) is 1. The van der Waals surface area contributed by atoms with E-state index in [1.54, 1.807) is 0 Å². The van der Waals surface area contributed by atoms with Gasteiger partial charge in [-0.3, -0.25) is 4.79 Å². The minimum atomic E-state index is 0. The van der Waals surface area contributed by atoms with Crippen LogP contribution in [0, 0.1) is 11.8 Å². The molecule has 1 aliphatic carbocycles. The Kier molecular flexibility index (Phi) is 8.07. The number of nitrogens with two attached hydrogens (primary N) is 1. The third kappa shape index (κ3) is 5.49. The number of rotatable bonds is 6. The molecule has 0 radical (unpaired) electrons. The number of halogens is 2. The summed E-state index contributed by atoms with van der Waals surface area (Å²) in [5.74, 6) is 1.36. The zero-order valence-corrected chi connectivity index (χ0v) is 14.3. The number of carbonyl (C=O) groups is 1. The SMILES string of the molecule is Cl.NC[C@H]1CCC[C@H]1C(=O)NCCOc1cccc(Br)c1. The van der Waals surface area contributed by atoms with Crippen LogP contribution in [-0.2, 0) is 4.79 Å². The summed E-state index contributed by atoms with van der Waals surface area (Å²) >= 11 is 3.39. The summed E-state index contributed by atoms with van der Waals surface area (Å²) in [7, 11) is 0. The first-order valence-corrected chi connectivity index (χ1v) is 7.86. The highest BCUT2D eigenvalue weighted by molar-refractivity contribution is 9.10. The number of nitrogens with one attached hydrogen (secondary N) is 1. The van der Waals surface area contributed by atoms with Crippen molar-refractivity contribution in [2.24, 2.45) is 17.6 Å². The molecule has 1 saturated carbocycles. The van der Waals surface area contributed by atoms with E-state index in [0.29, 0.717) is 25.6 Å². The molecule has 1 amide bonds. The van der Waals surface area contributed by atoms with Gasteiger partial charge in [0, 0.05) is 10.4 Å². The van der Waals surface area contributed by atoms with Crippen LogP contribution < -0.4 is 15.8 Å². The van der Waals surface area contributed by atoms with Crippen LogP contribution in [0.25, 0.3) is 0 Å². The van der Waals surface area contributed by atoms with Gasteiger partial charge in [0.1, 0.15) is 12.4 Å². The van der Waals surface area contributed by atoms with Gasteiger partial charge in [-0.2, -0.15) is 0 Å². The van der Waals surface area contributed by atoms with E-state index in [0.717, 1.165) is 29.5 Å². The van der Waals surface area contributed by atoms with Gasteiger partial charge in [0.15, 0.2) is 0 Å². The molecule has 0 saturated heterocycles. The Morgan fingerprint density at radius 1 is 1.43 bits per heavy atom. The molecule has 0 spiro atoms. The van der Waals surface area contributed by atoms with Gasteiger partial charge in [-0.1, -0.05) is 28.4 Å². The van der Waals surface area contributed by atoms with E-state index in [2.05, 4.69) is 21.2 Å². The Hall–Kier alpha value is -0.780. The Bertz CT molecular complexity index is 459. The number of carbonyl (C=O) groups excluding carboxylic acids is 1. The molecular weight excluding hydrogens is 356 g/mol. The van der Waals surface area contributed by atoms with Crippen molar-refractivity contribution in [2.45, 2.75) is 19.3 Å². The van der Waals surface area contributed by atoms with E-state index < -0.39 is 0 Å². The average molecular weight is 378 g/mol. The van der Waals surface area contributed by atoms with Gasteiger partial charge in [-0.05, 0) is 43.5 Å². The molecule has 1 fully saturated rings. The molecule has 3 N–H and O–H groups in total. The smallest absolute Gasteiger partial charge is 0.223 e. The van der Waals surface area contributed by atoms with Crippen molar-refractivity contribution in [1.82, 2.24) is 5.32 Å². The molecule has 1 aliphatic rings. The van der Waals surface area contributed by atoms with E-state index in [4.69, 9.17) is 10.5 Å². The Labute approximate surface area is 140 Å². The van der Waals surface area contributed by atoms with E-state index in [1.807, 2.05) is 24.3 Å². The minimum Gasteiger partial charge on any atom is -0.492 e. The van der Waals surface area contributed by atoms with E-state index in [-0.39, 0.29) is 24.2 Å². The second-order valence-electron chi connectivity index (χ2n) is 5.13. The van der Waals surface area contributed by atoms with Crippen LogP contribution in [-0.4, -0.2) is 25.6 Å². The highest BCUT2D eigenvalue weighted by Crippen LogP contribution is 2.30. The van der Waals surface area contributed by atoms with E-state index >= 15 is 0 Å². The highest BCUT2D eigenvalue weighted by atomic mass is 79.9. The summed E-state index contributed by atoms with van der Waals surface area (Å²) in [6.45, 7) is 1.61. The average Bonchev–Trinajstić information content (AvgIpc) is 2.92.